The summed E-state index contributed by atoms with van der Waals surface area (Å²) in [6.07, 6.45) is 1.29. The fourth-order valence-electron chi connectivity index (χ4n) is 15.0. The molecule has 5 fully saturated rings. The van der Waals surface area contributed by atoms with Gasteiger partial charge in [0.25, 0.3) is 0 Å². The van der Waals surface area contributed by atoms with Crippen molar-refractivity contribution >= 4 is 17.7 Å². The average Bonchev–Trinajstić information content (AvgIpc) is 0.766. The van der Waals surface area contributed by atoms with Crippen molar-refractivity contribution in [2.45, 2.75) is 424 Å². The Labute approximate surface area is 645 Å². The maximum absolute atomic E-state index is 13.6. The zero-order valence-electron chi connectivity index (χ0n) is 65.5. The molecule has 3 amide bonds. The van der Waals surface area contributed by atoms with Gasteiger partial charge in [-0.15, -0.1) is 0 Å². The Morgan fingerprint density at radius 3 is 1.05 bits per heavy atom. The molecule has 0 radical (unpaired) electrons. The molecule has 0 aromatic heterocycles. The quantitative estimate of drug-likeness (QED) is 0.0307. The predicted molar refractivity (Wildman–Crippen MR) is 398 cm³/mol. The standard InChI is InChI=1S/C78H143N3O28/c1-5-7-9-11-13-15-17-19-20-21-22-23-24-25-26-27-28-30-32-34-36-38-40-42-58(90)81-51(52(89)41-39-37-35-33-31-29-18-16-14-12-10-8-6-2)48-100-76-67(97)65(95)70(55(45-84)103-76)106-77-68(98)66(96)71(56(46-85)104-77)107-78-69(99)73(109-75-60(80-50(4)88)64(94)62(92)54(44-83)102-75)72(57(47-86)105-78)108-74-59(79-49(3)87)63(93)61(91)53(43-82)101-74/h39,41,51-57,59-78,82-86,89,91-99H,5-38,40,42-48H2,1-4H3,(H,79,87)(H,80,88)(H,81,90)/b41-39+/t51-,52+,53?,54?,55?,56?,57?,59?,60?,61-,62-,63+,64+,65+,66+,67?,68?,69?,70+,71-,72-,73+,74-,75-,76+,77-,78-/m0/s1. The molecule has 0 spiro atoms. The number of hydrogen-bond acceptors (Lipinski definition) is 28. The molecule has 0 aromatic carbocycles. The lowest BCUT2D eigenvalue weighted by Crippen LogP contribution is -2.70. The van der Waals surface area contributed by atoms with Crippen molar-refractivity contribution in [3.05, 3.63) is 12.2 Å². The Morgan fingerprint density at radius 1 is 0.358 bits per heavy atom. The van der Waals surface area contributed by atoms with Crippen molar-refractivity contribution in [3.8, 4) is 0 Å². The third-order valence-electron chi connectivity index (χ3n) is 21.6. The summed E-state index contributed by atoms with van der Waals surface area (Å²) >= 11 is 0. The lowest BCUT2D eigenvalue weighted by molar-refractivity contribution is -0.396. The fraction of sp³-hybridized carbons (Fsp3) is 0.936. The van der Waals surface area contributed by atoms with Crippen LogP contribution in [0, 0.1) is 0 Å². The molecule has 31 nitrogen and oxygen atoms in total. The zero-order valence-corrected chi connectivity index (χ0v) is 65.5. The smallest absolute Gasteiger partial charge is 0.220 e. The van der Waals surface area contributed by atoms with Gasteiger partial charge in [0.1, 0.15) is 122 Å². The molecular formula is C78H143N3O28. The van der Waals surface area contributed by atoms with Gasteiger partial charge in [-0.3, -0.25) is 14.4 Å². The lowest BCUT2D eigenvalue weighted by atomic mass is 9.94. The number of hydrogen-bond donors (Lipinski definition) is 18. The zero-order chi connectivity index (χ0) is 79.6. The van der Waals surface area contributed by atoms with Gasteiger partial charge in [0.05, 0.1) is 51.8 Å². The van der Waals surface area contributed by atoms with Crippen LogP contribution in [-0.2, 0) is 61.8 Å². The summed E-state index contributed by atoms with van der Waals surface area (Å²) in [5.74, 6) is -1.87. The minimum Gasteiger partial charge on any atom is -0.394 e. The molecule has 27 atom stereocenters. The molecule has 0 bridgehead atoms. The molecule has 0 aliphatic carbocycles. The summed E-state index contributed by atoms with van der Waals surface area (Å²) < 4.78 is 59.9. The molecular weight excluding hydrogens is 1430 g/mol. The molecule has 31 heteroatoms. The van der Waals surface area contributed by atoms with Crippen LogP contribution in [0.1, 0.15) is 259 Å². The Balaban J connectivity index is 1.18. The molecule has 10 unspecified atom stereocenters. The summed E-state index contributed by atoms with van der Waals surface area (Å²) in [7, 11) is 0. The van der Waals surface area contributed by atoms with E-state index < -0.39 is 217 Å². The number of unbranched alkanes of at least 4 members (excludes halogenated alkanes) is 33. The van der Waals surface area contributed by atoms with Gasteiger partial charge >= 0.3 is 0 Å². The number of nitrogens with one attached hydrogen (secondary N) is 3. The molecule has 5 aliphatic heterocycles. The van der Waals surface area contributed by atoms with Crippen LogP contribution >= 0.6 is 0 Å². The molecule has 5 aliphatic rings. The Bertz CT molecular complexity index is 2410. The maximum Gasteiger partial charge on any atom is 0.220 e. The summed E-state index contributed by atoms with van der Waals surface area (Å²) in [4.78, 5) is 38.5. The molecule has 5 saturated heterocycles. The normalized spacial score (nSPS) is 33.6. The number of aliphatic hydroxyl groups excluding tert-OH is 15. The highest BCUT2D eigenvalue weighted by molar-refractivity contribution is 5.76. The van der Waals surface area contributed by atoms with Crippen molar-refractivity contribution in [1.82, 2.24) is 16.0 Å². The second-order valence-electron chi connectivity index (χ2n) is 30.7. The number of ether oxygens (including phenoxy) is 10. The van der Waals surface area contributed by atoms with E-state index in [0.717, 1.165) is 65.2 Å². The van der Waals surface area contributed by atoms with Crippen molar-refractivity contribution < 1.29 is 138 Å². The largest absolute Gasteiger partial charge is 0.394 e. The van der Waals surface area contributed by atoms with E-state index in [-0.39, 0.29) is 12.3 Å². The first-order valence-electron chi connectivity index (χ1n) is 41.5. The highest BCUT2D eigenvalue weighted by atomic mass is 16.8. The van der Waals surface area contributed by atoms with Crippen LogP contribution in [0.3, 0.4) is 0 Å². The number of aliphatic hydroxyl groups is 15. The van der Waals surface area contributed by atoms with Gasteiger partial charge in [-0.25, -0.2) is 0 Å². The van der Waals surface area contributed by atoms with Gasteiger partial charge in [0, 0.05) is 20.3 Å². The first kappa shape index (κ1) is 96.7. The van der Waals surface area contributed by atoms with Gasteiger partial charge < -0.3 is 140 Å². The van der Waals surface area contributed by atoms with E-state index in [2.05, 4.69) is 29.8 Å². The van der Waals surface area contributed by atoms with Crippen LogP contribution in [0.15, 0.2) is 12.2 Å². The van der Waals surface area contributed by atoms with Gasteiger partial charge in [0.15, 0.2) is 31.5 Å². The minimum absolute atomic E-state index is 0.191. The van der Waals surface area contributed by atoms with Gasteiger partial charge in [-0.1, -0.05) is 231 Å². The number of rotatable bonds is 57. The topological polar surface area (TPSA) is 483 Å². The predicted octanol–water partition coefficient (Wildman–Crippen LogP) is 2.87. The SMILES string of the molecule is CCCCCCCCCCCCC/C=C/[C@@H](O)[C@H](CO[C@@H]1OC(CO)[C@@H](O[C@@H]2OC(CO)[C@H](O[C@@H]3OC(CO)[C@H](O[C@@H]4OC(CO)[C@H](O)[C@H](O)C4NC(C)=O)[C@H](O[C@@H]4OC(CO)[C@H](O)[C@H](O)C4NC(C)=O)C3O)[C@H](O)C2O)[C@H](O)C1O)NC(=O)CCCCCCCCCCCCCCCCCCCCCCCCC. The van der Waals surface area contributed by atoms with Crippen molar-refractivity contribution in [3.63, 3.8) is 0 Å². The van der Waals surface area contributed by atoms with E-state index in [1.807, 2.05) is 6.08 Å². The van der Waals surface area contributed by atoms with Crippen molar-refractivity contribution in [2.75, 3.05) is 39.6 Å². The highest BCUT2D eigenvalue weighted by Gasteiger charge is 2.58. The van der Waals surface area contributed by atoms with E-state index in [4.69, 9.17) is 47.4 Å². The second-order valence-corrected chi connectivity index (χ2v) is 30.7. The van der Waals surface area contributed by atoms with E-state index in [1.54, 1.807) is 6.08 Å². The Morgan fingerprint density at radius 2 is 0.670 bits per heavy atom. The van der Waals surface area contributed by atoms with Crippen LogP contribution in [-0.4, -0.2) is 300 Å². The van der Waals surface area contributed by atoms with Crippen LogP contribution in [0.4, 0.5) is 0 Å². The third-order valence-corrected chi connectivity index (χ3v) is 21.6. The molecule has 0 saturated carbocycles. The summed E-state index contributed by atoms with van der Waals surface area (Å²) in [5.41, 5.74) is 0. The first-order chi connectivity index (χ1) is 52.6. The van der Waals surface area contributed by atoms with Crippen LogP contribution in [0.25, 0.3) is 0 Å². The summed E-state index contributed by atoms with van der Waals surface area (Å²) in [6, 6.07) is -4.36. The third kappa shape index (κ3) is 33.0. The van der Waals surface area contributed by atoms with Gasteiger partial charge in [0.2, 0.25) is 17.7 Å². The molecule has 18 N–H and O–H groups in total. The lowest BCUT2D eigenvalue weighted by Gasteiger charge is -2.51. The Hall–Kier alpha value is -2.85. The maximum atomic E-state index is 13.6. The molecule has 5 heterocycles. The molecule has 638 valence electrons. The molecule has 0 aromatic rings. The number of carbonyl (C=O) groups excluding carboxylic acids is 3. The monoisotopic (exact) mass is 1570 g/mol. The number of allylic oxidation sites excluding steroid dienone is 1. The van der Waals surface area contributed by atoms with Crippen molar-refractivity contribution in [1.29, 1.82) is 0 Å². The van der Waals surface area contributed by atoms with E-state index in [0.29, 0.717) is 12.8 Å². The van der Waals surface area contributed by atoms with Crippen LogP contribution in [0.5, 0.6) is 0 Å². The van der Waals surface area contributed by atoms with Gasteiger partial charge in [-0.05, 0) is 19.3 Å². The summed E-state index contributed by atoms with van der Waals surface area (Å²) in [5, 5.41) is 175. The number of amides is 3. The van der Waals surface area contributed by atoms with Gasteiger partial charge in [-0.2, -0.15) is 0 Å². The second kappa shape index (κ2) is 54.9. The average molecular weight is 1570 g/mol. The Kier molecular flexibility index (Phi) is 48.7. The van der Waals surface area contributed by atoms with Crippen molar-refractivity contribution in [2.24, 2.45) is 0 Å². The molecule has 109 heavy (non-hydrogen) atoms. The van der Waals surface area contributed by atoms with E-state index >= 15 is 0 Å². The first-order valence-corrected chi connectivity index (χ1v) is 41.5. The van der Waals surface area contributed by atoms with E-state index in [9.17, 15) is 91.0 Å². The molecule has 5 rings (SSSR count). The highest BCUT2D eigenvalue weighted by Crippen LogP contribution is 2.38. The number of carbonyl (C=O) groups is 3. The van der Waals surface area contributed by atoms with Crippen LogP contribution < -0.4 is 16.0 Å². The minimum atomic E-state index is -2.26. The van der Waals surface area contributed by atoms with Crippen LogP contribution in [0.2, 0.25) is 0 Å². The van der Waals surface area contributed by atoms with E-state index in [1.165, 1.54) is 161 Å². The fourth-order valence-corrected chi connectivity index (χ4v) is 15.0. The summed E-state index contributed by atoms with van der Waals surface area (Å²) in [6.45, 7) is 1.32.